The number of allylic oxidation sites excluding steroid dienone is 2. The van der Waals surface area contributed by atoms with Gasteiger partial charge in [0.15, 0.2) is 5.78 Å². The van der Waals surface area contributed by atoms with E-state index in [4.69, 9.17) is 10.4 Å². The lowest BCUT2D eigenvalue weighted by Gasteiger charge is -2.07. The lowest BCUT2D eigenvalue weighted by molar-refractivity contribution is -0.115. The monoisotopic (exact) mass is 137 g/mol. The van der Waals surface area contributed by atoms with Gasteiger partial charge in [0.2, 0.25) is 0 Å². The lowest BCUT2D eigenvalue weighted by atomic mass is 9.97. The highest BCUT2D eigenvalue weighted by Crippen LogP contribution is 2.18. The van der Waals surface area contributed by atoms with E-state index >= 15 is 0 Å². The number of nitriles is 1. The van der Waals surface area contributed by atoms with E-state index in [0.717, 1.165) is 0 Å². The number of Topliss-reactive ketones (excluding diaryl/α,β-unsaturated/α-hetero) is 1. The summed E-state index contributed by atoms with van der Waals surface area (Å²) in [6.45, 7) is 0. The zero-order valence-electron chi connectivity index (χ0n) is 5.42. The Hall–Kier alpha value is -1.30. The van der Waals surface area contributed by atoms with E-state index in [2.05, 4.69) is 0 Å². The molecule has 1 aliphatic carbocycles. The van der Waals surface area contributed by atoms with Crippen molar-refractivity contribution in [2.75, 3.05) is 0 Å². The van der Waals surface area contributed by atoms with Gasteiger partial charge in [-0.05, 0) is 6.42 Å². The van der Waals surface area contributed by atoms with Gasteiger partial charge in [-0.1, -0.05) is 0 Å². The fraction of sp³-hybridized carbons (Fsp3) is 0.429. The molecule has 3 nitrogen and oxygen atoms in total. The van der Waals surface area contributed by atoms with Crippen LogP contribution in [0.5, 0.6) is 0 Å². The first-order valence-electron chi connectivity index (χ1n) is 3.11. The van der Waals surface area contributed by atoms with Crippen LogP contribution in [-0.2, 0) is 4.79 Å². The van der Waals surface area contributed by atoms with E-state index in [-0.39, 0.29) is 17.1 Å². The fourth-order valence-electron chi connectivity index (χ4n) is 0.954. The molecule has 0 aliphatic heterocycles. The zero-order valence-corrected chi connectivity index (χ0v) is 5.42. The van der Waals surface area contributed by atoms with Crippen molar-refractivity contribution in [3.63, 3.8) is 0 Å². The van der Waals surface area contributed by atoms with Crippen LogP contribution >= 0.6 is 0 Å². The molecule has 0 fully saturated rings. The van der Waals surface area contributed by atoms with Crippen molar-refractivity contribution in [1.82, 2.24) is 0 Å². The maximum absolute atomic E-state index is 10.8. The molecule has 0 aromatic carbocycles. The second-order valence-corrected chi connectivity index (χ2v) is 2.21. The van der Waals surface area contributed by atoms with E-state index in [1.807, 2.05) is 0 Å². The second kappa shape index (κ2) is 2.53. The number of nitrogens with zero attached hydrogens (tertiary/aromatic N) is 1. The van der Waals surface area contributed by atoms with Gasteiger partial charge in [-0.3, -0.25) is 4.79 Å². The Bertz CT molecular complexity index is 234. The molecule has 52 valence electrons. The van der Waals surface area contributed by atoms with Gasteiger partial charge >= 0.3 is 0 Å². The summed E-state index contributed by atoms with van der Waals surface area (Å²) in [7, 11) is 0. The summed E-state index contributed by atoms with van der Waals surface area (Å²) in [4.78, 5) is 10.8. The van der Waals surface area contributed by atoms with Crippen LogP contribution in [0.4, 0.5) is 0 Å². The number of ketones is 1. The highest BCUT2D eigenvalue weighted by atomic mass is 16.3. The van der Waals surface area contributed by atoms with Crippen LogP contribution in [0.15, 0.2) is 11.3 Å². The number of aliphatic hydroxyl groups excluding tert-OH is 1. The maximum Gasteiger partial charge on any atom is 0.176 e. The molecule has 10 heavy (non-hydrogen) atoms. The summed E-state index contributed by atoms with van der Waals surface area (Å²) in [5, 5.41) is 17.3. The standard InChI is InChI=1S/C7H7NO2/c8-4-5-6(9)2-1-3-7(5)10/h9H,1-3H2. The molecule has 0 bridgehead atoms. The van der Waals surface area contributed by atoms with Crippen LogP contribution in [0, 0.1) is 11.3 Å². The average molecular weight is 137 g/mol. The van der Waals surface area contributed by atoms with Gasteiger partial charge in [0.1, 0.15) is 17.4 Å². The van der Waals surface area contributed by atoms with E-state index in [1.165, 1.54) is 0 Å². The predicted molar refractivity (Wildman–Crippen MR) is 34.1 cm³/mol. The molecule has 0 radical (unpaired) electrons. The highest BCUT2D eigenvalue weighted by molar-refractivity contribution is 6.00. The van der Waals surface area contributed by atoms with Crippen molar-refractivity contribution in [2.24, 2.45) is 0 Å². The predicted octanol–water partition coefficient (Wildman–Crippen LogP) is 1.08. The van der Waals surface area contributed by atoms with Gasteiger partial charge in [-0.2, -0.15) is 5.26 Å². The van der Waals surface area contributed by atoms with Gasteiger partial charge in [0.05, 0.1) is 0 Å². The lowest BCUT2D eigenvalue weighted by Crippen LogP contribution is -2.09. The first-order chi connectivity index (χ1) is 4.75. The Labute approximate surface area is 58.6 Å². The minimum absolute atomic E-state index is 0.0428. The van der Waals surface area contributed by atoms with Crippen molar-refractivity contribution < 1.29 is 9.90 Å². The van der Waals surface area contributed by atoms with Crippen molar-refractivity contribution in [3.8, 4) is 6.07 Å². The van der Waals surface area contributed by atoms with E-state index in [9.17, 15) is 4.79 Å². The average Bonchev–Trinajstić information content (AvgIpc) is 1.88. The Morgan fingerprint density at radius 1 is 1.50 bits per heavy atom. The van der Waals surface area contributed by atoms with Crippen molar-refractivity contribution in [2.45, 2.75) is 19.3 Å². The summed E-state index contributed by atoms with van der Waals surface area (Å²) < 4.78 is 0. The van der Waals surface area contributed by atoms with Crippen LogP contribution < -0.4 is 0 Å². The number of carbonyl (C=O) groups excluding carboxylic acids is 1. The Balaban J connectivity index is 2.98. The van der Waals surface area contributed by atoms with E-state index in [1.54, 1.807) is 6.07 Å². The third-order valence-corrected chi connectivity index (χ3v) is 1.50. The smallest absolute Gasteiger partial charge is 0.176 e. The van der Waals surface area contributed by atoms with Crippen molar-refractivity contribution in [1.29, 1.82) is 5.26 Å². The minimum atomic E-state index is -0.230. The topological polar surface area (TPSA) is 61.1 Å². The summed E-state index contributed by atoms with van der Waals surface area (Å²) in [6.07, 6.45) is 1.53. The van der Waals surface area contributed by atoms with Gasteiger partial charge in [-0.25, -0.2) is 0 Å². The third-order valence-electron chi connectivity index (χ3n) is 1.50. The SMILES string of the molecule is N#CC1=C(O)CCCC1=O. The van der Waals surface area contributed by atoms with E-state index in [0.29, 0.717) is 19.3 Å². The Morgan fingerprint density at radius 2 is 2.20 bits per heavy atom. The Morgan fingerprint density at radius 3 is 2.60 bits per heavy atom. The number of rotatable bonds is 0. The molecule has 0 amide bonds. The summed E-state index contributed by atoms with van der Waals surface area (Å²) in [5.74, 6) is -0.273. The molecule has 0 saturated carbocycles. The molecular formula is C7H7NO2. The van der Waals surface area contributed by atoms with Gasteiger partial charge in [0, 0.05) is 12.8 Å². The quantitative estimate of drug-likeness (QED) is 0.543. The molecule has 1 aliphatic rings. The van der Waals surface area contributed by atoms with Gasteiger partial charge in [-0.15, -0.1) is 0 Å². The van der Waals surface area contributed by atoms with Crippen LogP contribution in [-0.4, -0.2) is 10.9 Å². The van der Waals surface area contributed by atoms with Crippen LogP contribution in [0.1, 0.15) is 19.3 Å². The zero-order chi connectivity index (χ0) is 7.56. The molecule has 0 aromatic heterocycles. The third kappa shape index (κ3) is 1.01. The molecule has 1 N–H and O–H groups in total. The van der Waals surface area contributed by atoms with E-state index < -0.39 is 0 Å². The highest BCUT2D eigenvalue weighted by Gasteiger charge is 2.19. The van der Waals surface area contributed by atoms with Crippen LogP contribution in [0.3, 0.4) is 0 Å². The molecule has 1 rings (SSSR count). The molecule has 0 heterocycles. The number of aliphatic hydroxyl groups is 1. The normalized spacial score (nSPS) is 18.9. The second-order valence-electron chi connectivity index (χ2n) is 2.21. The summed E-state index contributed by atoms with van der Waals surface area (Å²) in [5.41, 5.74) is -0.0498. The number of hydrogen-bond donors (Lipinski definition) is 1. The summed E-state index contributed by atoms with van der Waals surface area (Å²) >= 11 is 0. The number of hydrogen-bond acceptors (Lipinski definition) is 3. The van der Waals surface area contributed by atoms with Crippen LogP contribution in [0.2, 0.25) is 0 Å². The first-order valence-corrected chi connectivity index (χ1v) is 3.11. The minimum Gasteiger partial charge on any atom is -0.511 e. The summed E-state index contributed by atoms with van der Waals surface area (Å²) in [6, 6.07) is 1.68. The van der Waals surface area contributed by atoms with Crippen LogP contribution in [0.25, 0.3) is 0 Å². The molecule has 0 atom stereocenters. The molecule has 0 saturated heterocycles. The van der Waals surface area contributed by atoms with Gasteiger partial charge < -0.3 is 5.11 Å². The fourth-order valence-corrected chi connectivity index (χ4v) is 0.954. The maximum atomic E-state index is 10.8. The van der Waals surface area contributed by atoms with Crippen molar-refractivity contribution >= 4 is 5.78 Å². The molecular weight excluding hydrogens is 130 g/mol. The largest absolute Gasteiger partial charge is 0.511 e. The molecule has 3 heteroatoms. The molecule has 0 spiro atoms. The molecule has 0 unspecified atom stereocenters. The van der Waals surface area contributed by atoms with Crippen molar-refractivity contribution in [3.05, 3.63) is 11.3 Å². The van der Waals surface area contributed by atoms with Gasteiger partial charge in [0.25, 0.3) is 0 Å². The number of carbonyl (C=O) groups is 1. The first kappa shape index (κ1) is 6.81. The Kier molecular flexibility index (Phi) is 1.72. The molecule has 0 aromatic rings.